The molecule has 1 aliphatic rings. The van der Waals surface area contributed by atoms with E-state index in [0.717, 1.165) is 44.4 Å². The molecule has 0 aliphatic carbocycles. The molecule has 0 radical (unpaired) electrons. The topological polar surface area (TPSA) is 142 Å². The Morgan fingerprint density at radius 2 is 1.97 bits per heavy atom. The standard InChI is InChI=1S/C20H27N5O5S2/c26-19(30-31-11-8-15-6-9-21-10-7-15)12-18(24-20(27)17-13-22-14-23-17)25-32(28,29)16-4-2-1-3-5-16/h1-5,13-15,18,21,25H,6-12H2,(H,22,23)(H,24,27)/t18-/m0/s1. The summed E-state index contributed by atoms with van der Waals surface area (Å²) in [7, 11) is -3.97. The smallest absolute Gasteiger partial charge is 0.321 e. The Kier molecular flexibility index (Phi) is 9.09. The van der Waals surface area contributed by atoms with Gasteiger partial charge in [0.25, 0.3) is 5.91 Å². The van der Waals surface area contributed by atoms with E-state index in [4.69, 9.17) is 4.18 Å². The van der Waals surface area contributed by atoms with Gasteiger partial charge in [-0.05, 0) is 50.4 Å². The van der Waals surface area contributed by atoms with Gasteiger partial charge in [-0.25, -0.2) is 13.4 Å². The minimum absolute atomic E-state index is 0.0190. The normalized spacial score (nSPS) is 15.8. The third kappa shape index (κ3) is 7.62. The van der Waals surface area contributed by atoms with Gasteiger partial charge in [-0.15, -0.1) is 0 Å². The van der Waals surface area contributed by atoms with Crippen LogP contribution in [0.2, 0.25) is 0 Å². The lowest BCUT2D eigenvalue weighted by Gasteiger charge is -2.22. The van der Waals surface area contributed by atoms with Crippen LogP contribution in [0.15, 0.2) is 47.8 Å². The number of H-pyrrole nitrogens is 1. The monoisotopic (exact) mass is 481 g/mol. The SMILES string of the molecule is O=C(C[C@@H](NC(=O)c1cnc[nH]1)NS(=O)(=O)c1ccccc1)OSCCC1CCNCC1. The van der Waals surface area contributed by atoms with Gasteiger partial charge in [-0.3, -0.25) is 9.59 Å². The Bertz CT molecular complexity index is 964. The van der Waals surface area contributed by atoms with E-state index < -0.39 is 28.1 Å². The number of sulfonamides is 1. The third-order valence-electron chi connectivity index (χ3n) is 4.99. The Morgan fingerprint density at radius 1 is 1.22 bits per heavy atom. The first kappa shape index (κ1) is 24.2. The summed E-state index contributed by atoms with van der Waals surface area (Å²) in [5.74, 6) is 0.0410. The van der Waals surface area contributed by atoms with E-state index >= 15 is 0 Å². The first-order valence-corrected chi connectivity index (χ1v) is 12.7. The second kappa shape index (κ2) is 12.0. The summed E-state index contributed by atoms with van der Waals surface area (Å²) in [6.07, 6.45) is 4.22. The molecule has 0 bridgehead atoms. The van der Waals surface area contributed by atoms with Gasteiger partial charge >= 0.3 is 5.97 Å². The number of carbonyl (C=O) groups is 2. The zero-order valence-electron chi connectivity index (χ0n) is 17.5. The number of aromatic amines is 1. The number of rotatable bonds is 11. The minimum atomic E-state index is -3.97. The molecule has 1 atom stereocenters. The highest BCUT2D eigenvalue weighted by Gasteiger charge is 2.25. The van der Waals surface area contributed by atoms with E-state index in [0.29, 0.717) is 11.7 Å². The van der Waals surface area contributed by atoms with Gasteiger partial charge < -0.3 is 19.8 Å². The molecule has 3 rings (SSSR count). The molecule has 2 heterocycles. The van der Waals surface area contributed by atoms with Gasteiger partial charge in [-0.1, -0.05) is 18.2 Å². The molecule has 1 fully saturated rings. The van der Waals surface area contributed by atoms with E-state index in [1.807, 2.05) is 0 Å². The molecule has 10 nitrogen and oxygen atoms in total. The van der Waals surface area contributed by atoms with Gasteiger partial charge in [0.2, 0.25) is 10.0 Å². The maximum absolute atomic E-state index is 12.7. The highest BCUT2D eigenvalue weighted by atomic mass is 32.2. The molecule has 0 spiro atoms. The van der Waals surface area contributed by atoms with E-state index in [1.165, 1.54) is 24.7 Å². The van der Waals surface area contributed by atoms with Crippen molar-refractivity contribution in [1.29, 1.82) is 0 Å². The second-order valence-corrected chi connectivity index (χ2v) is 9.91. The fourth-order valence-electron chi connectivity index (χ4n) is 3.29. The fraction of sp³-hybridized carbons (Fsp3) is 0.450. The number of aromatic nitrogens is 2. The molecule has 32 heavy (non-hydrogen) atoms. The summed E-state index contributed by atoms with van der Waals surface area (Å²) in [6.45, 7) is 2.02. The molecule has 4 N–H and O–H groups in total. The van der Waals surface area contributed by atoms with Gasteiger partial charge in [0.1, 0.15) is 11.9 Å². The van der Waals surface area contributed by atoms with Crippen molar-refractivity contribution in [2.75, 3.05) is 18.8 Å². The lowest BCUT2D eigenvalue weighted by Crippen LogP contribution is -2.49. The Morgan fingerprint density at radius 3 is 2.66 bits per heavy atom. The van der Waals surface area contributed by atoms with Crippen molar-refractivity contribution in [3.8, 4) is 0 Å². The number of nitrogens with zero attached hydrogens (tertiary/aromatic N) is 1. The Balaban J connectivity index is 1.56. The van der Waals surface area contributed by atoms with Crippen LogP contribution in [-0.2, 0) is 19.0 Å². The summed E-state index contributed by atoms with van der Waals surface area (Å²) in [6, 6.07) is 7.70. The maximum Gasteiger partial charge on any atom is 0.321 e. The number of piperidine rings is 1. The summed E-state index contributed by atoms with van der Waals surface area (Å²) >= 11 is 1.05. The fourth-order valence-corrected chi connectivity index (χ4v) is 5.17. The molecule has 1 saturated heterocycles. The maximum atomic E-state index is 12.7. The van der Waals surface area contributed by atoms with Crippen LogP contribution >= 0.6 is 12.0 Å². The molecule has 1 aromatic carbocycles. The number of amides is 1. The van der Waals surface area contributed by atoms with Crippen LogP contribution in [0.1, 0.15) is 36.2 Å². The first-order chi connectivity index (χ1) is 15.4. The number of carbonyl (C=O) groups excluding carboxylic acids is 2. The van der Waals surface area contributed by atoms with Crippen molar-refractivity contribution >= 4 is 33.9 Å². The Hall–Kier alpha value is -2.41. The van der Waals surface area contributed by atoms with Crippen molar-refractivity contribution in [2.45, 2.75) is 36.7 Å². The van der Waals surface area contributed by atoms with Crippen molar-refractivity contribution in [2.24, 2.45) is 5.92 Å². The summed E-state index contributed by atoms with van der Waals surface area (Å²) in [4.78, 5) is 31.1. The number of hydrogen-bond donors (Lipinski definition) is 4. The quantitative estimate of drug-likeness (QED) is 0.214. The molecule has 2 aromatic rings. The van der Waals surface area contributed by atoms with Crippen molar-refractivity contribution in [3.63, 3.8) is 0 Å². The molecule has 174 valence electrons. The van der Waals surface area contributed by atoms with E-state index in [9.17, 15) is 18.0 Å². The van der Waals surface area contributed by atoms with Crippen LogP contribution in [0.3, 0.4) is 0 Å². The molecular formula is C20H27N5O5S2. The first-order valence-electron chi connectivity index (χ1n) is 10.3. The number of hydrogen-bond acceptors (Lipinski definition) is 8. The zero-order chi connectivity index (χ0) is 22.8. The zero-order valence-corrected chi connectivity index (χ0v) is 19.1. The van der Waals surface area contributed by atoms with Crippen LogP contribution in [-0.4, -0.2) is 55.3 Å². The average molecular weight is 482 g/mol. The van der Waals surface area contributed by atoms with E-state index in [1.54, 1.807) is 18.2 Å². The molecule has 0 unspecified atom stereocenters. The lowest BCUT2D eigenvalue weighted by atomic mass is 9.96. The van der Waals surface area contributed by atoms with Crippen molar-refractivity contribution in [1.82, 2.24) is 25.3 Å². The highest BCUT2D eigenvalue weighted by Crippen LogP contribution is 2.19. The largest absolute Gasteiger partial charge is 0.391 e. The molecular weight excluding hydrogens is 454 g/mol. The molecule has 1 aromatic heterocycles. The van der Waals surface area contributed by atoms with Crippen LogP contribution < -0.4 is 15.4 Å². The second-order valence-electron chi connectivity index (χ2n) is 7.39. The Labute approximate surface area is 191 Å². The van der Waals surface area contributed by atoms with E-state index in [2.05, 4.69) is 25.3 Å². The molecule has 12 heteroatoms. The summed E-state index contributed by atoms with van der Waals surface area (Å²) < 4.78 is 32.9. The predicted molar refractivity (Wildman–Crippen MR) is 120 cm³/mol. The van der Waals surface area contributed by atoms with Crippen molar-refractivity contribution in [3.05, 3.63) is 48.5 Å². The van der Waals surface area contributed by atoms with Gasteiger partial charge in [0, 0.05) is 5.75 Å². The minimum Gasteiger partial charge on any atom is -0.391 e. The number of imidazole rings is 1. The van der Waals surface area contributed by atoms with Gasteiger partial charge in [-0.2, -0.15) is 4.72 Å². The van der Waals surface area contributed by atoms with Crippen LogP contribution in [0.25, 0.3) is 0 Å². The highest BCUT2D eigenvalue weighted by molar-refractivity contribution is 7.95. The van der Waals surface area contributed by atoms with Crippen LogP contribution in [0.4, 0.5) is 0 Å². The third-order valence-corrected chi connectivity index (χ3v) is 7.18. The van der Waals surface area contributed by atoms with Crippen LogP contribution in [0.5, 0.6) is 0 Å². The summed E-state index contributed by atoms with van der Waals surface area (Å²) in [5.41, 5.74) is 0.138. The van der Waals surface area contributed by atoms with Gasteiger partial charge in [0.05, 0.1) is 35.9 Å². The predicted octanol–water partition coefficient (Wildman–Crippen LogP) is 1.42. The number of nitrogens with one attached hydrogen (secondary N) is 4. The lowest BCUT2D eigenvalue weighted by molar-refractivity contribution is -0.133. The molecule has 1 amide bonds. The van der Waals surface area contributed by atoms with Crippen molar-refractivity contribution < 1.29 is 22.2 Å². The van der Waals surface area contributed by atoms with E-state index in [-0.39, 0.29) is 17.0 Å². The summed E-state index contributed by atoms with van der Waals surface area (Å²) in [5, 5.41) is 5.81. The van der Waals surface area contributed by atoms with Crippen LogP contribution in [0, 0.1) is 5.92 Å². The molecule has 1 aliphatic heterocycles. The molecule has 0 saturated carbocycles. The van der Waals surface area contributed by atoms with Gasteiger partial charge in [0.15, 0.2) is 0 Å². The average Bonchev–Trinajstić information content (AvgIpc) is 3.33. The number of benzene rings is 1.